The van der Waals surface area contributed by atoms with Crippen molar-refractivity contribution in [2.45, 2.75) is 25.7 Å². The zero-order valence-corrected chi connectivity index (χ0v) is 15.5. The molecule has 2 aliphatic heterocycles. The summed E-state index contributed by atoms with van der Waals surface area (Å²) in [5, 5.41) is 0. The zero-order valence-electron chi connectivity index (χ0n) is 14.7. The predicted molar refractivity (Wildman–Crippen MR) is 95.8 cm³/mol. The van der Waals surface area contributed by atoms with Crippen LogP contribution in [0, 0.1) is 13.8 Å². The second kappa shape index (κ2) is 6.72. The van der Waals surface area contributed by atoms with E-state index in [1.54, 1.807) is 6.07 Å². The molecule has 0 amide bonds. The minimum absolute atomic E-state index is 0.393. The largest absolute Gasteiger partial charge is 0.339 e. The lowest BCUT2D eigenvalue weighted by atomic mass is 10.2. The Morgan fingerprint density at radius 2 is 1.79 bits per heavy atom. The van der Waals surface area contributed by atoms with Crippen LogP contribution in [0.2, 0.25) is 0 Å². The average Bonchev–Trinajstić information content (AvgIpc) is 3.07. The van der Waals surface area contributed by atoms with Gasteiger partial charge < -0.3 is 9.80 Å². The maximum atomic E-state index is 13.2. The van der Waals surface area contributed by atoms with Crippen molar-refractivity contribution in [1.29, 1.82) is 0 Å². The van der Waals surface area contributed by atoms with Crippen molar-refractivity contribution in [3.05, 3.63) is 29.3 Å². The van der Waals surface area contributed by atoms with Gasteiger partial charge in [-0.25, -0.2) is 12.7 Å². The van der Waals surface area contributed by atoms with Crippen LogP contribution in [-0.4, -0.2) is 74.3 Å². The molecule has 0 aromatic heterocycles. The van der Waals surface area contributed by atoms with Gasteiger partial charge in [-0.15, -0.1) is 0 Å². The van der Waals surface area contributed by atoms with Gasteiger partial charge in [-0.2, -0.15) is 0 Å². The molecule has 0 radical (unpaired) electrons. The summed E-state index contributed by atoms with van der Waals surface area (Å²) in [5.74, 6) is 0.617. The molecule has 0 saturated carbocycles. The molecule has 7 heteroatoms. The smallest absolute Gasteiger partial charge is 0.266 e. The molecule has 0 bridgehead atoms. The van der Waals surface area contributed by atoms with Crippen LogP contribution in [0.25, 0.3) is 0 Å². The lowest BCUT2D eigenvalue weighted by Gasteiger charge is -2.37. The summed E-state index contributed by atoms with van der Waals surface area (Å²) < 4.78 is 27.9. The van der Waals surface area contributed by atoms with Crippen LogP contribution in [0.15, 0.2) is 28.1 Å². The molecule has 2 aliphatic rings. The molecule has 1 aromatic carbocycles. The monoisotopic (exact) mass is 350 g/mol. The Hall–Kier alpha value is -1.60. The Labute approximate surface area is 144 Å². The van der Waals surface area contributed by atoms with E-state index in [-0.39, 0.29) is 0 Å². The van der Waals surface area contributed by atoms with Crippen LogP contribution < -0.4 is 0 Å². The average molecular weight is 350 g/mol. The molecule has 132 valence electrons. The number of piperazine rings is 1. The third kappa shape index (κ3) is 3.15. The summed E-state index contributed by atoms with van der Waals surface area (Å²) in [5.41, 5.74) is 1.73. The van der Waals surface area contributed by atoms with E-state index < -0.39 is 10.0 Å². The molecule has 2 heterocycles. The summed E-state index contributed by atoms with van der Waals surface area (Å²) in [6.07, 6.45) is 0. The summed E-state index contributed by atoms with van der Waals surface area (Å²) in [4.78, 5) is 9.38. The molecule has 0 unspecified atom stereocenters. The molecule has 0 atom stereocenters. The van der Waals surface area contributed by atoms with Crippen LogP contribution in [0.3, 0.4) is 0 Å². The molecule has 3 rings (SSSR count). The van der Waals surface area contributed by atoms with Gasteiger partial charge in [0.05, 0.1) is 18.0 Å². The topological polar surface area (TPSA) is 56.2 Å². The Balaban J connectivity index is 1.86. The summed E-state index contributed by atoms with van der Waals surface area (Å²) in [6.45, 7) is 11.5. The minimum atomic E-state index is -3.56. The normalized spacial score (nSPS) is 19.7. The van der Waals surface area contributed by atoms with E-state index in [0.717, 1.165) is 43.9 Å². The highest BCUT2D eigenvalue weighted by Crippen LogP contribution is 2.24. The van der Waals surface area contributed by atoms with Crippen molar-refractivity contribution in [2.75, 3.05) is 45.8 Å². The van der Waals surface area contributed by atoms with Gasteiger partial charge in [-0.05, 0) is 37.6 Å². The van der Waals surface area contributed by atoms with Gasteiger partial charge in [0, 0.05) is 26.2 Å². The van der Waals surface area contributed by atoms with E-state index in [9.17, 15) is 8.42 Å². The van der Waals surface area contributed by atoms with E-state index in [1.807, 2.05) is 26.0 Å². The number of sulfonamides is 1. The number of hydrogen-bond donors (Lipinski definition) is 0. The van der Waals surface area contributed by atoms with Crippen molar-refractivity contribution in [1.82, 2.24) is 14.1 Å². The Morgan fingerprint density at radius 1 is 1.08 bits per heavy atom. The van der Waals surface area contributed by atoms with Crippen LogP contribution in [-0.2, 0) is 10.0 Å². The van der Waals surface area contributed by atoms with Crippen molar-refractivity contribution in [3.63, 3.8) is 0 Å². The number of benzene rings is 1. The summed E-state index contributed by atoms with van der Waals surface area (Å²) in [6, 6.07) is 5.57. The SMILES string of the molecule is CCN1CCN(C2=NCCN2S(=O)(=O)c2cc(C)ccc2C)CC1. The molecule has 0 aliphatic carbocycles. The molecule has 1 saturated heterocycles. The van der Waals surface area contributed by atoms with Crippen LogP contribution in [0.5, 0.6) is 0 Å². The lowest BCUT2D eigenvalue weighted by Crippen LogP contribution is -2.53. The van der Waals surface area contributed by atoms with E-state index in [1.165, 1.54) is 4.31 Å². The maximum absolute atomic E-state index is 13.2. The van der Waals surface area contributed by atoms with Gasteiger partial charge >= 0.3 is 0 Å². The zero-order chi connectivity index (χ0) is 17.3. The van der Waals surface area contributed by atoms with E-state index in [0.29, 0.717) is 23.9 Å². The Morgan fingerprint density at radius 3 is 2.46 bits per heavy atom. The van der Waals surface area contributed by atoms with Crippen LogP contribution >= 0.6 is 0 Å². The van der Waals surface area contributed by atoms with Crippen LogP contribution in [0.4, 0.5) is 0 Å². The first-order valence-electron chi connectivity index (χ1n) is 8.55. The Kier molecular flexibility index (Phi) is 4.83. The third-order valence-electron chi connectivity index (χ3n) is 4.79. The highest BCUT2D eigenvalue weighted by Gasteiger charge is 2.35. The number of nitrogens with zero attached hydrogens (tertiary/aromatic N) is 4. The standard InChI is InChI=1S/C17H26N4O2S/c1-4-19-9-11-20(12-10-19)17-18-7-8-21(17)24(22,23)16-13-14(2)5-6-15(16)3/h5-6,13H,4,7-12H2,1-3H3. The predicted octanol–water partition coefficient (Wildman–Crippen LogP) is 1.30. The van der Waals surface area contributed by atoms with E-state index in [4.69, 9.17) is 0 Å². The van der Waals surface area contributed by atoms with Crippen molar-refractivity contribution in [3.8, 4) is 0 Å². The molecular formula is C17H26N4O2S. The third-order valence-corrected chi connectivity index (χ3v) is 6.72. The van der Waals surface area contributed by atoms with Crippen molar-refractivity contribution in [2.24, 2.45) is 4.99 Å². The fraction of sp³-hybridized carbons (Fsp3) is 0.588. The van der Waals surface area contributed by atoms with Gasteiger partial charge in [0.1, 0.15) is 0 Å². The maximum Gasteiger partial charge on any atom is 0.266 e. The first kappa shape index (κ1) is 17.2. The molecule has 1 aromatic rings. The number of hydrogen-bond acceptors (Lipinski definition) is 5. The first-order chi connectivity index (χ1) is 11.4. The molecule has 0 N–H and O–H groups in total. The quantitative estimate of drug-likeness (QED) is 0.825. The molecule has 6 nitrogen and oxygen atoms in total. The highest BCUT2D eigenvalue weighted by atomic mass is 32.2. The molecule has 24 heavy (non-hydrogen) atoms. The Bertz CT molecular complexity index is 737. The van der Waals surface area contributed by atoms with Crippen molar-refractivity contribution >= 4 is 16.0 Å². The van der Waals surface area contributed by atoms with Crippen LogP contribution in [0.1, 0.15) is 18.1 Å². The molecule has 1 fully saturated rings. The highest BCUT2D eigenvalue weighted by molar-refractivity contribution is 7.89. The van der Waals surface area contributed by atoms with Gasteiger partial charge in [0.15, 0.2) is 0 Å². The number of aryl methyl sites for hydroxylation is 2. The van der Waals surface area contributed by atoms with Gasteiger partial charge in [0.25, 0.3) is 10.0 Å². The number of likely N-dealkylation sites (N-methyl/N-ethyl adjacent to an activating group) is 1. The number of guanidine groups is 1. The van der Waals surface area contributed by atoms with Crippen molar-refractivity contribution < 1.29 is 8.42 Å². The summed E-state index contributed by atoms with van der Waals surface area (Å²) >= 11 is 0. The fourth-order valence-electron chi connectivity index (χ4n) is 3.27. The lowest BCUT2D eigenvalue weighted by molar-refractivity contribution is 0.184. The first-order valence-corrected chi connectivity index (χ1v) is 9.99. The number of aliphatic imine (C=N–C) groups is 1. The van der Waals surface area contributed by atoms with Gasteiger partial charge in [-0.1, -0.05) is 19.1 Å². The minimum Gasteiger partial charge on any atom is -0.339 e. The summed E-state index contributed by atoms with van der Waals surface area (Å²) in [7, 11) is -3.56. The van der Waals surface area contributed by atoms with E-state index in [2.05, 4.69) is 21.7 Å². The second-order valence-corrected chi connectivity index (χ2v) is 8.28. The van der Waals surface area contributed by atoms with Gasteiger partial charge in [-0.3, -0.25) is 4.99 Å². The van der Waals surface area contributed by atoms with Gasteiger partial charge in [0.2, 0.25) is 5.96 Å². The van der Waals surface area contributed by atoms with E-state index >= 15 is 0 Å². The molecular weight excluding hydrogens is 324 g/mol. The second-order valence-electron chi connectivity index (χ2n) is 6.45. The number of rotatable bonds is 3. The fourth-order valence-corrected chi connectivity index (χ4v) is 5.03. The molecule has 0 spiro atoms.